The molecule has 100 valence electrons. The molecule has 0 heterocycles. The Bertz CT molecular complexity index is 478. The van der Waals surface area contributed by atoms with E-state index in [0.717, 1.165) is 18.6 Å². The molecule has 19 heavy (non-hydrogen) atoms. The highest BCUT2D eigenvalue weighted by Crippen LogP contribution is 2.10. The first kappa shape index (κ1) is 13.6. The Labute approximate surface area is 115 Å². The number of benzene rings is 2. The van der Waals surface area contributed by atoms with Crippen LogP contribution in [0, 0.1) is 6.92 Å². The Morgan fingerprint density at radius 2 is 1.68 bits per heavy atom. The number of hydrogen-bond donors (Lipinski definition) is 1. The lowest BCUT2D eigenvalue weighted by Crippen LogP contribution is -2.25. The van der Waals surface area contributed by atoms with Gasteiger partial charge in [0.1, 0.15) is 5.75 Å². The van der Waals surface area contributed by atoms with Crippen molar-refractivity contribution in [2.75, 3.05) is 6.61 Å². The zero-order valence-electron chi connectivity index (χ0n) is 11.4. The van der Waals surface area contributed by atoms with Gasteiger partial charge in [0, 0.05) is 6.04 Å². The molecule has 0 saturated heterocycles. The fraction of sp³-hybridized carbons (Fsp3) is 0.294. The molecule has 2 aromatic carbocycles. The standard InChI is InChI=1S/C17H21NO/c1-14-7-9-15(10-8-14)13-16(18)11-12-19-17-5-3-2-4-6-17/h2-10,16H,11-13,18H2,1H3. The summed E-state index contributed by atoms with van der Waals surface area (Å²) in [6.45, 7) is 2.76. The number of ether oxygens (including phenoxy) is 1. The second-order valence-electron chi connectivity index (χ2n) is 4.90. The molecule has 0 spiro atoms. The quantitative estimate of drug-likeness (QED) is 0.859. The van der Waals surface area contributed by atoms with Crippen molar-refractivity contribution in [3.63, 3.8) is 0 Å². The van der Waals surface area contributed by atoms with Gasteiger partial charge >= 0.3 is 0 Å². The highest BCUT2D eigenvalue weighted by Gasteiger charge is 2.04. The molecule has 0 radical (unpaired) electrons. The number of para-hydroxylation sites is 1. The Morgan fingerprint density at radius 3 is 2.37 bits per heavy atom. The summed E-state index contributed by atoms with van der Waals surface area (Å²) in [5, 5.41) is 0. The summed E-state index contributed by atoms with van der Waals surface area (Å²) in [7, 11) is 0. The smallest absolute Gasteiger partial charge is 0.119 e. The summed E-state index contributed by atoms with van der Waals surface area (Å²) in [5.74, 6) is 0.907. The Kier molecular flexibility index (Phi) is 4.99. The van der Waals surface area contributed by atoms with E-state index in [9.17, 15) is 0 Å². The third kappa shape index (κ3) is 4.76. The summed E-state index contributed by atoms with van der Waals surface area (Å²) in [6, 6.07) is 18.5. The number of nitrogens with two attached hydrogens (primary N) is 1. The SMILES string of the molecule is Cc1ccc(CC(N)CCOc2ccccc2)cc1. The predicted molar refractivity (Wildman–Crippen MR) is 79.4 cm³/mol. The van der Waals surface area contributed by atoms with Crippen LogP contribution in [0.4, 0.5) is 0 Å². The molecule has 1 atom stereocenters. The molecule has 0 saturated carbocycles. The van der Waals surface area contributed by atoms with Gasteiger partial charge in [0.05, 0.1) is 6.61 Å². The van der Waals surface area contributed by atoms with Crippen molar-refractivity contribution in [3.05, 3.63) is 65.7 Å². The van der Waals surface area contributed by atoms with E-state index < -0.39 is 0 Å². The van der Waals surface area contributed by atoms with Gasteiger partial charge < -0.3 is 10.5 Å². The molecule has 0 aliphatic carbocycles. The lowest BCUT2D eigenvalue weighted by Gasteiger charge is -2.12. The van der Waals surface area contributed by atoms with Crippen molar-refractivity contribution in [2.24, 2.45) is 5.73 Å². The van der Waals surface area contributed by atoms with E-state index in [0.29, 0.717) is 6.61 Å². The lowest BCUT2D eigenvalue weighted by atomic mass is 10.0. The minimum atomic E-state index is 0.145. The maximum atomic E-state index is 6.13. The molecule has 0 bridgehead atoms. The number of aryl methyl sites for hydroxylation is 1. The Morgan fingerprint density at radius 1 is 1.00 bits per heavy atom. The van der Waals surface area contributed by atoms with Crippen molar-refractivity contribution < 1.29 is 4.74 Å². The van der Waals surface area contributed by atoms with Gasteiger partial charge in [0.15, 0.2) is 0 Å². The van der Waals surface area contributed by atoms with Crippen LogP contribution in [0.25, 0.3) is 0 Å². The van der Waals surface area contributed by atoms with Crippen LogP contribution in [-0.2, 0) is 6.42 Å². The highest BCUT2D eigenvalue weighted by molar-refractivity contribution is 5.22. The van der Waals surface area contributed by atoms with Crippen LogP contribution in [0.2, 0.25) is 0 Å². The topological polar surface area (TPSA) is 35.2 Å². The molecule has 2 N–H and O–H groups in total. The minimum absolute atomic E-state index is 0.145. The first-order chi connectivity index (χ1) is 9.24. The monoisotopic (exact) mass is 255 g/mol. The van der Waals surface area contributed by atoms with Crippen LogP contribution in [0.1, 0.15) is 17.5 Å². The van der Waals surface area contributed by atoms with Crippen LogP contribution in [0.3, 0.4) is 0 Å². The zero-order chi connectivity index (χ0) is 13.5. The molecule has 2 aromatic rings. The summed E-state index contributed by atoms with van der Waals surface area (Å²) in [5.41, 5.74) is 8.70. The molecular weight excluding hydrogens is 234 g/mol. The summed E-state index contributed by atoms with van der Waals surface area (Å²) in [4.78, 5) is 0. The van der Waals surface area contributed by atoms with E-state index in [1.807, 2.05) is 30.3 Å². The molecule has 0 aromatic heterocycles. The van der Waals surface area contributed by atoms with E-state index >= 15 is 0 Å². The average molecular weight is 255 g/mol. The van der Waals surface area contributed by atoms with E-state index in [1.165, 1.54) is 11.1 Å². The summed E-state index contributed by atoms with van der Waals surface area (Å²) in [6.07, 6.45) is 1.77. The van der Waals surface area contributed by atoms with Crippen molar-refractivity contribution in [2.45, 2.75) is 25.8 Å². The number of rotatable bonds is 6. The summed E-state index contributed by atoms with van der Waals surface area (Å²) >= 11 is 0. The normalized spacial score (nSPS) is 12.1. The van der Waals surface area contributed by atoms with Gasteiger partial charge in [-0.05, 0) is 37.5 Å². The second kappa shape index (κ2) is 6.95. The van der Waals surface area contributed by atoms with Gasteiger partial charge in [-0.15, -0.1) is 0 Å². The van der Waals surface area contributed by atoms with Crippen LogP contribution < -0.4 is 10.5 Å². The van der Waals surface area contributed by atoms with Gasteiger partial charge in [-0.2, -0.15) is 0 Å². The van der Waals surface area contributed by atoms with E-state index in [4.69, 9.17) is 10.5 Å². The molecule has 1 unspecified atom stereocenters. The molecule has 0 fully saturated rings. The van der Waals surface area contributed by atoms with Crippen molar-refractivity contribution >= 4 is 0 Å². The molecule has 0 aliphatic heterocycles. The maximum Gasteiger partial charge on any atom is 0.119 e. The van der Waals surface area contributed by atoms with Crippen molar-refractivity contribution in [1.29, 1.82) is 0 Å². The van der Waals surface area contributed by atoms with E-state index in [2.05, 4.69) is 31.2 Å². The fourth-order valence-electron chi connectivity index (χ4n) is 1.97. The zero-order valence-corrected chi connectivity index (χ0v) is 11.4. The van der Waals surface area contributed by atoms with Gasteiger partial charge in [0.25, 0.3) is 0 Å². The van der Waals surface area contributed by atoms with Crippen LogP contribution in [-0.4, -0.2) is 12.6 Å². The van der Waals surface area contributed by atoms with Gasteiger partial charge in [0.2, 0.25) is 0 Å². The van der Waals surface area contributed by atoms with E-state index in [-0.39, 0.29) is 6.04 Å². The third-order valence-corrected chi connectivity index (χ3v) is 3.12. The van der Waals surface area contributed by atoms with Gasteiger partial charge in [-0.1, -0.05) is 48.0 Å². The molecule has 0 aliphatic rings. The van der Waals surface area contributed by atoms with Crippen molar-refractivity contribution in [1.82, 2.24) is 0 Å². The average Bonchev–Trinajstić information content (AvgIpc) is 2.43. The number of hydrogen-bond acceptors (Lipinski definition) is 2. The van der Waals surface area contributed by atoms with Crippen LogP contribution >= 0.6 is 0 Å². The third-order valence-electron chi connectivity index (χ3n) is 3.12. The second-order valence-corrected chi connectivity index (χ2v) is 4.90. The van der Waals surface area contributed by atoms with Gasteiger partial charge in [-0.25, -0.2) is 0 Å². The Balaban J connectivity index is 1.73. The molecule has 0 amide bonds. The van der Waals surface area contributed by atoms with Crippen LogP contribution in [0.5, 0.6) is 5.75 Å². The molecular formula is C17H21NO. The van der Waals surface area contributed by atoms with Crippen molar-refractivity contribution in [3.8, 4) is 5.75 Å². The fourth-order valence-corrected chi connectivity index (χ4v) is 1.97. The molecule has 2 rings (SSSR count). The maximum absolute atomic E-state index is 6.13. The predicted octanol–water partition coefficient (Wildman–Crippen LogP) is 3.33. The largest absolute Gasteiger partial charge is 0.494 e. The van der Waals surface area contributed by atoms with Gasteiger partial charge in [-0.3, -0.25) is 0 Å². The molecule has 2 heteroatoms. The Hall–Kier alpha value is -1.80. The first-order valence-electron chi connectivity index (χ1n) is 6.73. The lowest BCUT2D eigenvalue weighted by molar-refractivity contribution is 0.297. The summed E-state index contributed by atoms with van der Waals surface area (Å²) < 4.78 is 5.65. The van der Waals surface area contributed by atoms with Crippen LogP contribution in [0.15, 0.2) is 54.6 Å². The minimum Gasteiger partial charge on any atom is -0.494 e. The van der Waals surface area contributed by atoms with E-state index in [1.54, 1.807) is 0 Å². The molecule has 2 nitrogen and oxygen atoms in total. The first-order valence-corrected chi connectivity index (χ1v) is 6.73. The highest BCUT2D eigenvalue weighted by atomic mass is 16.5.